The van der Waals surface area contributed by atoms with Crippen LogP contribution in [-0.4, -0.2) is 89.9 Å². The molecule has 0 N–H and O–H groups in total. The molecule has 3 heterocycles. The van der Waals surface area contributed by atoms with E-state index in [1.165, 1.54) is 14.2 Å². The molecule has 0 radical (unpaired) electrons. The summed E-state index contributed by atoms with van der Waals surface area (Å²) in [5.41, 5.74) is 4.79. The van der Waals surface area contributed by atoms with Gasteiger partial charge in [0.1, 0.15) is 17.5 Å². The van der Waals surface area contributed by atoms with Crippen LogP contribution in [-0.2, 0) is 22.6 Å². The molecule has 0 aromatic heterocycles. The summed E-state index contributed by atoms with van der Waals surface area (Å²) in [6.07, 6.45) is 0.352. The standard InChI is InChI=1S/C36H42N2O9/c1-18-30(41-4)21-15-22-36(40)38-23(17-47-16-20-13-11-10-12-14-20)25-26(31(42-5)19(2)33(44-7)35(25)46-9)29(39)28(38)27(37(22)3)24(21)34(45-8)32(18)43-6/h10-14,22-23,27-28H,15-17H2,1-9H3. The minimum absolute atomic E-state index is 0.0941. The lowest BCUT2D eigenvalue weighted by Gasteiger charge is -2.56. The first-order chi connectivity index (χ1) is 22.7. The van der Waals surface area contributed by atoms with Crippen LogP contribution in [0.2, 0.25) is 0 Å². The van der Waals surface area contributed by atoms with Crippen molar-refractivity contribution in [3.05, 3.63) is 69.3 Å². The normalized spacial score (nSPS) is 21.4. The second-order valence-corrected chi connectivity index (χ2v) is 12.0. The average Bonchev–Trinajstić information content (AvgIpc) is 3.07. The zero-order valence-electron chi connectivity index (χ0n) is 28.4. The number of nitrogens with zero attached hydrogens (tertiary/aromatic N) is 2. The molecule has 3 aromatic rings. The maximum Gasteiger partial charge on any atom is 0.241 e. The van der Waals surface area contributed by atoms with Gasteiger partial charge in [-0.2, -0.15) is 0 Å². The molecule has 1 saturated heterocycles. The minimum Gasteiger partial charge on any atom is -0.496 e. The lowest BCUT2D eigenvalue weighted by atomic mass is 9.72. The lowest BCUT2D eigenvalue weighted by Crippen LogP contribution is -2.68. The van der Waals surface area contributed by atoms with Gasteiger partial charge in [-0.3, -0.25) is 14.5 Å². The van der Waals surface area contributed by atoms with Crippen LogP contribution in [0.4, 0.5) is 0 Å². The van der Waals surface area contributed by atoms with E-state index in [2.05, 4.69) is 0 Å². The predicted molar refractivity (Wildman–Crippen MR) is 173 cm³/mol. The molecule has 3 aromatic carbocycles. The van der Waals surface area contributed by atoms with Crippen molar-refractivity contribution in [2.75, 3.05) is 56.3 Å². The Labute approximate surface area is 275 Å². The maximum atomic E-state index is 15.1. The van der Waals surface area contributed by atoms with E-state index in [9.17, 15) is 4.79 Å². The number of fused-ring (bicyclic) bond motifs is 7. The number of hydrogen-bond donors (Lipinski definition) is 0. The van der Waals surface area contributed by atoms with Crippen LogP contribution >= 0.6 is 0 Å². The average molecular weight is 647 g/mol. The Bertz CT molecular complexity index is 1720. The van der Waals surface area contributed by atoms with Crippen molar-refractivity contribution in [3.8, 4) is 34.5 Å². The summed E-state index contributed by atoms with van der Waals surface area (Å²) in [7, 11) is 11.3. The van der Waals surface area contributed by atoms with Gasteiger partial charge in [-0.1, -0.05) is 30.3 Å². The van der Waals surface area contributed by atoms with E-state index in [0.717, 1.165) is 22.3 Å². The molecule has 11 heteroatoms. The van der Waals surface area contributed by atoms with E-state index < -0.39 is 24.2 Å². The predicted octanol–water partition coefficient (Wildman–Crippen LogP) is 4.62. The van der Waals surface area contributed by atoms with Gasteiger partial charge < -0.3 is 38.1 Å². The topological polar surface area (TPSA) is 105 Å². The van der Waals surface area contributed by atoms with Crippen LogP contribution in [0.3, 0.4) is 0 Å². The molecule has 4 atom stereocenters. The number of carbonyl (C=O) groups excluding carboxylic acids is 2. The third-order valence-electron chi connectivity index (χ3n) is 9.92. The molecule has 3 aliphatic heterocycles. The Hall–Kier alpha value is -4.48. The molecule has 0 saturated carbocycles. The highest BCUT2D eigenvalue weighted by atomic mass is 16.5. The van der Waals surface area contributed by atoms with Crippen molar-refractivity contribution in [1.82, 2.24) is 9.80 Å². The molecule has 6 rings (SSSR count). The second kappa shape index (κ2) is 12.6. The molecule has 1 fully saturated rings. The summed E-state index contributed by atoms with van der Waals surface area (Å²) in [6, 6.07) is 6.96. The Kier molecular flexibility index (Phi) is 8.71. The molecule has 47 heavy (non-hydrogen) atoms. The van der Waals surface area contributed by atoms with E-state index in [1.54, 1.807) is 33.3 Å². The number of Topliss-reactive ketones (excluding diaryl/α,β-unsaturated/α-hetero) is 1. The number of piperazine rings is 1. The van der Waals surface area contributed by atoms with Crippen molar-refractivity contribution in [3.63, 3.8) is 0 Å². The van der Waals surface area contributed by atoms with Gasteiger partial charge in [0.25, 0.3) is 0 Å². The van der Waals surface area contributed by atoms with Crippen molar-refractivity contribution < 1.29 is 42.7 Å². The fourth-order valence-corrected chi connectivity index (χ4v) is 7.98. The number of rotatable bonds is 10. The molecule has 3 aliphatic rings. The van der Waals surface area contributed by atoms with Crippen molar-refractivity contribution in [1.29, 1.82) is 0 Å². The van der Waals surface area contributed by atoms with Crippen molar-refractivity contribution in [2.24, 2.45) is 0 Å². The molecule has 0 spiro atoms. The highest BCUT2D eigenvalue weighted by Crippen LogP contribution is 2.58. The molecule has 2 bridgehead atoms. The zero-order valence-corrected chi connectivity index (χ0v) is 28.4. The molecule has 250 valence electrons. The third kappa shape index (κ3) is 4.70. The molecule has 0 aliphatic carbocycles. The molecule has 11 nitrogen and oxygen atoms in total. The minimum atomic E-state index is -0.960. The Morgan fingerprint density at radius 1 is 0.702 bits per heavy atom. The summed E-state index contributed by atoms with van der Waals surface area (Å²) >= 11 is 0. The largest absolute Gasteiger partial charge is 0.496 e. The van der Waals surface area contributed by atoms with Gasteiger partial charge in [0.15, 0.2) is 28.8 Å². The van der Waals surface area contributed by atoms with Gasteiger partial charge in [-0.15, -0.1) is 0 Å². The Balaban J connectivity index is 1.62. The van der Waals surface area contributed by atoms with Gasteiger partial charge in [0.2, 0.25) is 5.91 Å². The lowest BCUT2D eigenvalue weighted by molar-refractivity contribution is -0.156. The van der Waals surface area contributed by atoms with Gasteiger partial charge in [-0.05, 0) is 26.5 Å². The number of amides is 1. The number of hydrogen-bond acceptors (Lipinski definition) is 10. The number of ketones is 1. The second-order valence-electron chi connectivity index (χ2n) is 12.0. The first kappa shape index (κ1) is 32.5. The summed E-state index contributed by atoms with van der Waals surface area (Å²) in [6.45, 7) is 4.13. The summed E-state index contributed by atoms with van der Waals surface area (Å²) < 4.78 is 41.9. The fourth-order valence-electron chi connectivity index (χ4n) is 7.98. The Morgan fingerprint density at radius 3 is 1.83 bits per heavy atom. The summed E-state index contributed by atoms with van der Waals surface area (Å²) in [5, 5.41) is 0. The number of carbonyl (C=O) groups is 2. The molecule has 4 unspecified atom stereocenters. The number of likely N-dealkylation sites (N-methyl/N-ethyl adjacent to an activating group) is 1. The highest BCUT2D eigenvalue weighted by molar-refractivity contribution is 6.10. The van der Waals surface area contributed by atoms with Crippen molar-refractivity contribution >= 4 is 11.7 Å². The number of benzene rings is 3. The van der Waals surface area contributed by atoms with Gasteiger partial charge >= 0.3 is 0 Å². The van der Waals surface area contributed by atoms with E-state index in [4.69, 9.17) is 33.2 Å². The van der Waals surface area contributed by atoms with Crippen LogP contribution < -0.4 is 28.4 Å². The monoisotopic (exact) mass is 646 g/mol. The van der Waals surface area contributed by atoms with Crippen LogP contribution in [0.5, 0.6) is 34.5 Å². The molecular formula is C36H42N2O9. The van der Waals surface area contributed by atoms with E-state index in [0.29, 0.717) is 64.2 Å². The zero-order chi connectivity index (χ0) is 33.7. The molecule has 1 amide bonds. The van der Waals surface area contributed by atoms with E-state index in [1.807, 2.05) is 56.1 Å². The number of ether oxygens (including phenoxy) is 7. The quantitative estimate of drug-likeness (QED) is 0.310. The summed E-state index contributed by atoms with van der Waals surface area (Å²) in [5.74, 6) is 2.35. The van der Waals surface area contributed by atoms with Crippen LogP contribution in [0.1, 0.15) is 55.8 Å². The SMILES string of the molecule is COc1c(C)c(OC)c(OC)c2c1CC1C(=O)N3C(COCc4ccccc4)c4c(OC)c(OC)c(C)c(OC)c4C(=O)C3C2N1C. The highest BCUT2D eigenvalue weighted by Gasteiger charge is 2.59. The van der Waals surface area contributed by atoms with Gasteiger partial charge in [0.05, 0.1) is 79.6 Å². The number of methoxy groups -OCH3 is 6. The van der Waals surface area contributed by atoms with Gasteiger partial charge in [-0.25, -0.2) is 0 Å². The van der Waals surface area contributed by atoms with E-state index in [-0.39, 0.29) is 18.3 Å². The first-order valence-corrected chi connectivity index (χ1v) is 15.5. The Morgan fingerprint density at radius 2 is 1.26 bits per heavy atom. The third-order valence-corrected chi connectivity index (χ3v) is 9.92. The first-order valence-electron chi connectivity index (χ1n) is 15.5. The fraction of sp³-hybridized carbons (Fsp3) is 0.444. The molecular weight excluding hydrogens is 604 g/mol. The summed E-state index contributed by atoms with van der Waals surface area (Å²) in [4.78, 5) is 33.6. The maximum absolute atomic E-state index is 15.1. The smallest absolute Gasteiger partial charge is 0.241 e. The van der Waals surface area contributed by atoms with E-state index >= 15 is 4.79 Å². The van der Waals surface area contributed by atoms with Crippen LogP contribution in [0, 0.1) is 13.8 Å². The van der Waals surface area contributed by atoms with Crippen LogP contribution in [0.25, 0.3) is 0 Å². The van der Waals surface area contributed by atoms with Gasteiger partial charge in [0, 0.05) is 34.2 Å². The van der Waals surface area contributed by atoms with Crippen LogP contribution in [0.15, 0.2) is 30.3 Å². The van der Waals surface area contributed by atoms with Crippen molar-refractivity contribution in [2.45, 2.75) is 51.0 Å².